The summed E-state index contributed by atoms with van der Waals surface area (Å²) in [6.07, 6.45) is 2.81. The Kier molecular flexibility index (Phi) is 5.35. The highest BCUT2D eigenvalue weighted by Gasteiger charge is 2.24. The Morgan fingerprint density at radius 1 is 1.25 bits per heavy atom. The van der Waals surface area contributed by atoms with Gasteiger partial charge in [-0.2, -0.15) is 0 Å². The Morgan fingerprint density at radius 3 is 2.71 bits per heavy atom. The van der Waals surface area contributed by atoms with E-state index in [1.807, 2.05) is 19.2 Å². The van der Waals surface area contributed by atoms with Crippen LogP contribution in [0.5, 0.6) is 0 Å². The van der Waals surface area contributed by atoms with Gasteiger partial charge in [-0.1, -0.05) is 24.3 Å². The summed E-state index contributed by atoms with van der Waals surface area (Å²) in [5, 5.41) is 6.08. The molecule has 3 rings (SSSR count). The molecule has 0 unspecified atom stereocenters. The van der Waals surface area contributed by atoms with Crippen LogP contribution in [0.25, 0.3) is 0 Å². The van der Waals surface area contributed by atoms with Crippen LogP contribution >= 0.6 is 0 Å². The van der Waals surface area contributed by atoms with E-state index in [4.69, 9.17) is 0 Å². The van der Waals surface area contributed by atoms with E-state index in [-0.39, 0.29) is 24.5 Å². The summed E-state index contributed by atoms with van der Waals surface area (Å²) >= 11 is 0. The number of urea groups is 1. The second-order valence-electron chi connectivity index (χ2n) is 6.58. The smallest absolute Gasteiger partial charge is 0.318 e. The molecule has 0 saturated carbocycles. The zero-order valence-corrected chi connectivity index (χ0v) is 14.3. The molecule has 3 amide bonds. The van der Waals surface area contributed by atoms with E-state index < -0.39 is 0 Å². The van der Waals surface area contributed by atoms with Crippen LogP contribution in [0.4, 0.5) is 4.79 Å². The molecule has 6 heteroatoms. The topological polar surface area (TPSA) is 64.7 Å². The van der Waals surface area contributed by atoms with Crippen LogP contribution in [0.3, 0.4) is 0 Å². The standard InChI is InChI=1S/C18H26N4O2/c1-21(16-6-9-19-10-7-16)17(23)12-20-18(24)22-11-8-14-4-2-3-5-15(14)13-22/h2-5,16,19H,6-13H2,1H3,(H,20,24). The van der Waals surface area contributed by atoms with Gasteiger partial charge in [0.1, 0.15) is 0 Å². The summed E-state index contributed by atoms with van der Waals surface area (Å²) in [4.78, 5) is 28.2. The number of piperidine rings is 1. The number of rotatable bonds is 3. The maximum absolute atomic E-state index is 12.3. The molecule has 2 heterocycles. The maximum atomic E-state index is 12.3. The van der Waals surface area contributed by atoms with Crippen molar-refractivity contribution in [3.63, 3.8) is 0 Å². The highest BCUT2D eigenvalue weighted by atomic mass is 16.2. The zero-order valence-electron chi connectivity index (χ0n) is 14.3. The second kappa shape index (κ2) is 7.66. The van der Waals surface area contributed by atoms with Gasteiger partial charge in [-0.3, -0.25) is 4.79 Å². The van der Waals surface area contributed by atoms with Crippen molar-refractivity contribution in [1.29, 1.82) is 0 Å². The molecule has 1 aromatic rings. The van der Waals surface area contributed by atoms with E-state index in [0.717, 1.165) is 32.4 Å². The molecule has 0 atom stereocenters. The minimum atomic E-state index is -0.156. The third-order valence-electron chi connectivity index (χ3n) is 5.06. The Labute approximate surface area is 143 Å². The van der Waals surface area contributed by atoms with Crippen LogP contribution < -0.4 is 10.6 Å². The van der Waals surface area contributed by atoms with Crippen LogP contribution in [0.1, 0.15) is 24.0 Å². The lowest BCUT2D eigenvalue weighted by Crippen LogP contribution is -2.49. The van der Waals surface area contributed by atoms with E-state index in [1.165, 1.54) is 11.1 Å². The van der Waals surface area contributed by atoms with Crippen LogP contribution in [0.15, 0.2) is 24.3 Å². The first-order valence-corrected chi connectivity index (χ1v) is 8.71. The summed E-state index contributed by atoms with van der Waals surface area (Å²) in [6.45, 7) is 3.27. The molecular weight excluding hydrogens is 304 g/mol. The first kappa shape index (κ1) is 16.8. The van der Waals surface area contributed by atoms with Gasteiger partial charge in [0.2, 0.25) is 5.91 Å². The van der Waals surface area contributed by atoms with Gasteiger partial charge in [0.05, 0.1) is 6.54 Å². The van der Waals surface area contributed by atoms with Crippen LogP contribution in [0, 0.1) is 0 Å². The lowest BCUT2D eigenvalue weighted by atomic mass is 10.0. The predicted octanol–water partition coefficient (Wildman–Crippen LogP) is 0.965. The number of fused-ring (bicyclic) bond motifs is 1. The van der Waals surface area contributed by atoms with Crippen molar-refractivity contribution in [2.75, 3.05) is 33.2 Å². The SMILES string of the molecule is CN(C(=O)CNC(=O)N1CCc2ccccc2C1)C1CCNCC1. The number of amides is 3. The van der Waals surface area contributed by atoms with Crippen molar-refractivity contribution < 1.29 is 9.59 Å². The zero-order chi connectivity index (χ0) is 16.9. The molecule has 0 radical (unpaired) electrons. The number of likely N-dealkylation sites (N-methyl/N-ethyl adjacent to an activating group) is 1. The quantitative estimate of drug-likeness (QED) is 0.868. The van der Waals surface area contributed by atoms with Gasteiger partial charge in [-0.15, -0.1) is 0 Å². The van der Waals surface area contributed by atoms with E-state index in [0.29, 0.717) is 13.1 Å². The molecule has 24 heavy (non-hydrogen) atoms. The average Bonchev–Trinajstić information content (AvgIpc) is 2.65. The normalized spacial score (nSPS) is 18.0. The third-order valence-corrected chi connectivity index (χ3v) is 5.06. The Morgan fingerprint density at radius 2 is 1.96 bits per heavy atom. The minimum absolute atomic E-state index is 0.0207. The first-order chi connectivity index (χ1) is 11.6. The molecule has 2 aliphatic heterocycles. The molecule has 0 aromatic heterocycles. The van der Waals surface area contributed by atoms with Crippen LogP contribution in [-0.2, 0) is 17.8 Å². The monoisotopic (exact) mass is 330 g/mol. The summed E-state index contributed by atoms with van der Waals surface area (Å²) in [7, 11) is 1.83. The first-order valence-electron chi connectivity index (χ1n) is 8.71. The fourth-order valence-electron chi connectivity index (χ4n) is 3.45. The number of benzene rings is 1. The largest absolute Gasteiger partial charge is 0.341 e. The minimum Gasteiger partial charge on any atom is -0.341 e. The summed E-state index contributed by atoms with van der Waals surface area (Å²) in [5.41, 5.74) is 2.50. The van der Waals surface area contributed by atoms with Crippen molar-refractivity contribution in [3.8, 4) is 0 Å². The van der Waals surface area contributed by atoms with Gasteiger partial charge >= 0.3 is 6.03 Å². The van der Waals surface area contributed by atoms with Gasteiger partial charge in [0, 0.05) is 26.2 Å². The molecule has 130 valence electrons. The maximum Gasteiger partial charge on any atom is 0.318 e. The Balaban J connectivity index is 1.48. The van der Waals surface area contributed by atoms with Crippen molar-refractivity contribution in [3.05, 3.63) is 35.4 Å². The third kappa shape index (κ3) is 3.87. The van der Waals surface area contributed by atoms with Crippen molar-refractivity contribution in [1.82, 2.24) is 20.4 Å². The van der Waals surface area contributed by atoms with Gasteiger partial charge in [0.25, 0.3) is 0 Å². The number of nitrogens with zero attached hydrogens (tertiary/aromatic N) is 2. The average molecular weight is 330 g/mol. The van der Waals surface area contributed by atoms with E-state index >= 15 is 0 Å². The highest BCUT2D eigenvalue weighted by molar-refractivity contribution is 5.84. The molecule has 6 nitrogen and oxygen atoms in total. The number of carbonyl (C=O) groups is 2. The number of carbonyl (C=O) groups excluding carboxylic acids is 2. The number of nitrogens with one attached hydrogen (secondary N) is 2. The van der Waals surface area contributed by atoms with E-state index in [2.05, 4.69) is 22.8 Å². The fourth-order valence-corrected chi connectivity index (χ4v) is 3.45. The van der Waals surface area contributed by atoms with Crippen molar-refractivity contribution in [2.45, 2.75) is 31.8 Å². The van der Waals surface area contributed by atoms with Gasteiger partial charge in [-0.25, -0.2) is 4.79 Å². The van der Waals surface area contributed by atoms with Gasteiger partial charge in [0.15, 0.2) is 0 Å². The lowest BCUT2D eigenvalue weighted by molar-refractivity contribution is -0.131. The molecular formula is C18H26N4O2. The Bertz CT molecular complexity index is 598. The molecule has 1 saturated heterocycles. The number of hydrogen-bond donors (Lipinski definition) is 2. The summed E-state index contributed by atoms with van der Waals surface area (Å²) < 4.78 is 0. The van der Waals surface area contributed by atoms with E-state index in [1.54, 1.807) is 9.80 Å². The Hall–Kier alpha value is -2.08. The van der Waals surface area contributed by atoms with Crippen molar-refractivity contribution in [2.24, 2.45) is 0 Å². The fraction of sp³-hybridized carbons (Fsp3) is 0.556. The molecule has 1 aromatic carbocycles. The molecule has 2 aliphatic rings. The van der Waals surface area contributed by atoms with Crippen LogP contribution in [-0.4, -0.2) is 61.0 Å². The molecule has 2 N–H and O–H groups in total. The summed E-state index contributed by atoms with van der Waals surface area (Å²) in [6, 6.07) is 8.32. The molecule has 0 bridgehead atoms. The molecule has 0 aliphatic carbocycles. The predicted molar refractivity (Wildman–Crippen MR) is 92.6 cm³/mol. The van der Waals surface area contributed by atoms with Crippen LogP contribution in [0.2, 0.25) is 0 Å². The van der Waals surface area contributed by atoms with E-state index in [9.17, 15) is 9.59 Å². The molecule has 0 spiro atoms. The molecule has 1 fully saturated rings. The van der Waals surface area contributed by atoms with Crippen molar-refractivity contribution >= 4 is 11.9 Å². The van der Waals surface area contributed by atoms with Gasteiger partial charge in [-0.05, 0) is 43.5 Å². The number of hydrogen-bond acceptors (Lipinski definition) is 3. The lowest BCUT2D eigenvalue weighted by Gasteiger charge is -2.32. The second-order valence-corrected chi connectivity index (χ2v) is 6.58. The van der Waals surface area contributed by atoms with Gasteiger partial charge < -0.3 is 20.4 Å². The highest BCUT2D eigenvalue weighted by Crippen LogP contribution is 2.18. The summed E-state index contributed by atoms with van der Waals surface area (Å²) in [5.74, 6) is -0.0207.